The quantitative estimate of drug-likeness (QED) is 0.783. The highest BCUT2D eigenvalue weighted by atomic mass is 32.2. The average molecular weight is 234 g/mol. The summed E-state index contributed by atoms with van der Waals surface area (Å²) in [5, 5.41) is 2.85. The maximum atomic E-state index is 12.2. The fourth-order valence-electron chi connectivity index (χ4n) is 1.67. The lowest BCUT2D eigenvalue weighted by Crippen LogP contribution is -2.48. The van der Waals surface area contributed by atoms with Crippen molar-refractivity contribution in [2.75, 3.05) is 20.1 Å². The van der Waals surface area contributed by atoms with Crippen LogP contribution in [0, 0.1) is 0 Å². The average Bonchev–Trinajstić information content (AvgIpc) is 2.69. The Morgan fingerprint density at radius 1 is 1.47 bits per heavy atom. The van der Waals surface area contributed by atoms with Gasteiger partial charge in [-0.3, -0.25) is 0 Å². The Hall–Kier alpha value is -0.130. The Kier molecular flexibility index (Phi) is 3.79. The summed E-state index contributed by atoms with van der Waals surface area (Å²) in [7, 11) is -1.45. The van der Waals surface area contributed by atoms with Gasteiger partial charge in [0.15, 0.2) is 0 Å². The molecule has 1 aliphatic rings. The maximum Gasteiger partial charge on any atom is 0.218 e. The third kappa shape index (κ3) is 2.52. The van der Waals surface area contributed by atoms with E-state index in [9.17, 15) is 8.42 Å². The molecule has 0 bridgehead atoms. The van der Waals surface area contributed by atoms with Crippen LogP contribution in [0.2, 0.25) is 0 Å². The molecule has 4 nitrogen and oxygen atoms in total. The van der Waals surface area contributed by atoms with Crippen molar-refractivity contribution in [2.45, 2.75) is 44.4 Å². The summed E-state index contributed by atoms with van der Waals surface area (Å²) in [5.74, 6) is 0. The lowest BCUT2D eigenvalue weighted by Gasteiger charge is -2.35. The zero-order valence-corrected chi connectivity index (χ0v) is 10.9. The molecule has 1 atom stereocenters. The van der Waals surface area contributed by atoms with Crippen LogP contribution in [-0.2, 0) is 10.0 Å². The molecule has 5 heteroatoms. The molecule has 90 valence electrons. The minimum Gasteiger partial charge on any atom is -0.315 e. The first kappa shape index (κ1) is 12.9. The molecule has 1 aliphatic heterocycles. The molecule has 0 radical (unpaired) electrons. The monoisotopic (exact) mass is 234 g/mol. The molecule has 1 rings (SSSR count). The predicted octanol–water partition coefficient (Wildman–Crippen LogP) is 0.798. The van der Waals surface area contributed by atoms with Crippen molar-refractivity contribution in [3.05, 3.63) is 0 Å². The van der Waals surface area contributed by atoms with E-state index in [0.29, 0.717) is 6.54 Å². The first-order valence-electron chi connectivity index (χ1n) is 5.51. The standard InChI is InChI=1S/C10H22N2O2S/c1-5-10(2,3)12(4)15(13,14)9-6-7-11-8-9/h9,11H,5-8H2,1-4H3. The summed E-state index contributed by atoms with van der Waals surface area (Å²) in [6.45, 7) is 7.34. The molecule has 1 N–H and O–H groups in total. The van der Waals surface area contributed by atoms with Gasteiger partial charge in [0.05, 0.1) is 5.25 Å². The fraction of sp³-hybridized carbons (Fsp3) is 1.00. The van der Waals surface area contributed by atoms with Gasteiger partial charge in [0, 0.05) is 19.1 Å². The lowest BCUT2D eigenvalue weighted by molar-refractivity contribution is 0.255. The van der Waals surface area contributed by atoms with Crippen molar-refractivity contribution in [3.63, 3.8) is 0 Å². The van der Waals surface area contributed by atoms with Crippen molar-refractivity contribution in [1.29, 1.82) is 0 Å². The molecule has 0 saturated carbocycles. The van der Waals surface area contributed by atoms with Crippen LogP contribution in [0.25, 0.3) is 0 Å². The van der Waals surface area contributed by atoms with Crippen LogP contribution >= 0.6 is 0 Å². The molecule has 15 heavy (non-hydrogen) atoms. The number of nitrogens with zero attached hydrogens (tertiary/aromatic N) is 1. The lowest BCUT2D eigenvalue weighted by atomic mass is 10.0. The van der Waals surface area contributed by atoms with Crippen LogP contribution < -0.4 is 5.32 Å². The van der Waals surface area contributed by atoms with Gasteiger partial charge in [-0.15, -0.1) is 0 Å². The van der Waals surface area contributed by atoms with Gasteiger partial charge >= 0.3 is 0 Å². The second-order valence-corrected chi connectivity index (χ2v) is 7.04. The minimum absolute atomic E-state index is 0.242. The van der Waals surface area contributed by atoms with Crippen molar-refractivity contribution in [2.24, 2.45) is 0 Å². The smallest absolute Gasteiger partial charge is 0.218 e. The van der Waals surface area contributed by atoms with Gasteiger partial charge in [-0.05, 0) is 33.2 Å². The normalized spacial score (nSPS) is 23.7. The molecule has 0 spiro atoms. The minimum atomic E-state index is -3.14. The fourth-order valence-corrected chi connectivity index (χ4v) is 3.68. The summed E-state index contributed by atoms with van der Waals surface area (Å²) in [5.41, 5.74) is -0.290. The maximum absolute atomic E-state index is 12.2. The van der Waals surface area contributed by atoms with Crippen LogP contribution in [0.1, 0.15) is 33.6 Å². The predicted molar refractivity (Wildman–Crippen MR) is 62.3 cm³/mol. The summed E-state index contributed by atoms with van der Waals surface area (Å²) >= 11 is 0. The Bertz CT molecular complexity index is 305. The van der Waals surface area contributed by atoms with Gasteiger partial charge in [0.1, 0.15) is 0 Å². The van der Waals surface area contributed by atoms with Crippen molar-refractivity contribution in [3.8, 4) is 0 Å². The molecule has 0 aliphatic carbocycles. The number of hydrogen-bond acceptors (Lipinski definition) is 3. The molecule has 0 aromatic heterocycles. The van der Waals surface area contributed by atoms with Gasteiger partial charge in [-0.1, -0.05) is 6.92 Å². The molecule has 1 saturated heterocycles. The number of nitrogens with one attached hydrogen (secondary N) is 1. The van der Waals surface area contributed by atoms with Crippen molar-refractivity contribution >= 4 is 10.0 Å². The molecule has 0 aromatic rings. The van der Waals surface area contributed by atoms with Crippen molar-refractivity contribution in [1.82, 2.24) is 9.62 Å². The molecule has 0 aromatic carbocycles. The summed E-state index contributed by atoms with van der Waals surface area (Å²) in [6, 6.07) is 0. The first-order valence-corrected chi connectivity index (χ1v) is 7.01. The van der Waals surface area contributed by atoms with E-state index in [4.69, 9.17) is 0 Å². The number of rotatable bonds is 4. The highest BCUT2D eigenvalue weighted by molar-refractivity contribution is 7.89. The SMILES string of the molecule is CCC(C)(C)N(C)S(=O)(=O)C1CCNC1. The Balaban J connectivity index is 2.85. The van der Waals surface area contributed by atoms with E-state index >= 15 is 0 Å². The summed E-state index contributed by atoms with van der Waals surface area (Å²) in [6.07, 6.45) is 1.55. The number of hydrogen-bond donors (Lipinski definition) is 1. The van der Waals surface area contributed by atoms with Gasteiger partial charge in [0.2, 0.25) is 10.0 Å². The molecule has 1 unspecified atom stereocenters. The topological polar surface area (TPSA) is 49.4 Å². The van der Waals surface area contributed by atoms with Crippen LogP contribution in [0.4, 0.5) is 0 Å². The van der Waals surface area contributed by atoms with Crippen molar-refractivity contribution < 1.29 is 8.42 Å². The third-order valence-corrected chi connectivity index (χ3v) is 6.04. The van der Waals surface area contributed by atoms with Gasteiger partial charge in [-0.2, -0.15) is 4.31 Å². The van der Waals surface area contributed by atoms with Crippen LogP contribution in [0.15, 0.2) is 0 Å². The Morgan fingerprint density at radius 3 is 2.47 bits per heavy atom. The molecule has 1 fully saturated rings. The third-order valence-electron chi connectivity index (χ3n) is 3.54. The van der Waals surface area contributed by atoms with Crippen LogP contribution in [0.5, 0.6) is 0 Å². The van der Waals surface area contributed by atoms with E-state index in [2.05, 4.69) is 5.32 Å². The summed E-state index contributed by atoms with van der Waals surface area (Å²) < 4.78 is 26.0. The molecular weight excluding hydrogens is 212 g/mol. The zero-order chi connectivity index (χ0) is 11.7. The van der Waals surface area contributed by atoms with Gasteiger partial charge in [-0.25, -0.2) is 8.42 Å². The second-order valence-electron chi connectivity index (χ2n) is 4.79. The first-order chi connectivity index (χ1) is 6.82. The molecule has 1 heterocycles. The molecular formula is C10H22N2O2S. The van der Waals surface area contributed by atoms with Crippen LogP contribution in [-0.4, -0.2) is 43.6 Å². The Labute approximate surface area is 93.1 Å². The Morgan fingerprint density at radius 2 is 2.07 bits per heavy atom. The van der Waals surface area contributed by atoms with E-state index in [1.165, 1.54) is 4.31 Å². The second kappa shape index (κ2) is 4.39. The van der Waals surface area contributed by atoms with Gasteiger partial charge < -0.3 is 5.32 Å². The zero-order valence-electron chi connectivity index (χ0n) is 10.1. The van der Waals surface area contributed by atoms with E-state index in [-0.39, 0.29) is 10.8 Å². The van der Waals surface area contributed by atoms with E-state index < -0.39 is 10.0 Å². The number of sulfonamides is 1. The van der Waals surface area contributed by atoms with E-state index in [1.54, 1.807) is 7.05 Å². The van der Waals surface area contributed by atoms with Gasteiger partial charge in [0.25, 0.3) is 0 Å². The van der Waals surface area contributed by atoms with E-state index in [0.717, 1.165) is 19.4 Å². The molecule has 0 amide bonds. The van der Waals surface area contributed by atoms with Crippen LogP contribution in [0.3, 0.4) is 0 Å². The largest absolute Gasteiger partial charge is 0.315 e. The highest BCUT2D eigenvalue weighted by Gasteiger charge is 2.38. The summed E-state index contributed by atoms with van der Waals surface area (Å²) in [4.78, 5) is 0. The van der Waals surface area contributed by atoms with E-state index in [1.807, 2.05) is 20.8 Å². The highest BCUT2D eigenvalue weighted by Crippen LogP contribution is 2.24.